The molecule has 0 radical (unpaired) electrons. The largest absolute Gasteiger partial charge is 0.479 e. The number of hydrogen-bond acceptors (Lipinski definition) is 21. The zero-order valence-corrected chi connectivity index (χ0v) is 40.6. The molecule has 22 heteroatoms. The van der Waals surface area contributed by atoms with Crippen LogP contribution in [0.1, 0.15) is 94.9 Å². The maximum absolute atomic E-state index is 14.1. The third kappa shape index (κ3) is 14.3. The molecule has 3 fully saturated rings. The van der Waals surface area contributed by atoms with Gasteiger partial charge < -0.3 is 94.6 Å². The van der Waals surface area contributed by atoms with Gasteiger partial charge in [-0.05, 0) is 74.9 Å². The van der Waals surface area contributed by atoms with E-state index in [2.05, 4.69) is 0 Å². The van der Waals surface area contributed by atoms with E-state index in [1.54, 1.807) is 41.5 Å². The fraction of sp³-hybridized carbons (Fsp3) is 0.932. The Kier molecular flexibility index (Phi) is 22.4. The number of Topliss-reactive ketones (excluding diaryl/α,β-unsaturated/α-hetero) is 1. The van der Waals surface area contributed by atoms with Crippen molar-refractivity contribution in [2.45, 2.75) is 210 Å². The summed E-state index contributed by atoms with van der Waals surface area (Å²) in [5.74, 6) is -6.76. The van der Waals surface area contributed by atoms with Crippen molar-refractivity contribution < 1.29 is 104 Å². The molecule has 3 rings (SSSR count). The van der Waals surface area contributed by atoms with Crippen LogP contribution in [0.25, 0.3) is 0 Å². The fourth-order valence-corrected chi connectivity index (χ4v) is 9.28. The average Bonchev–Trinajstić information content (AvgIpc) is 3.25. The SMILES string of the molecule is CC[C@H]1OC(=O)[C@H](C)[C@@H](O[C@H]2C[C@@](C)(OC)[C@@H](O)[C@H](C)O2)[C@H](C)C(O[C@@H]2O[C@H](C)C[C@H](N(C)C)[C@H]2O)[C@](C)(O)C[C@@H](C)C(=O)[C@H](C)[C@@H](O)[C@]1(C)O.O=C(O)[C@H](O)[C@H](O)[C@@H](O)[C@H](O)[C@H](O)CO. The van der Waals surface area contributed by atoms with E-state index in [1.807, 2.05) is 25.9 Å². The minimum atomic E-state index is -2.29. The maximum atomic E-state index is 14.1. The number of aliphatic hydroxyl groups excluding tert-OH is 9. The normalized spacial score (nSPS) is 43.3. The van der Waals surface area contributed by atoms with Gasteiger partial charge in [0.15, 0.2) is 18.7 Å². The van der Waals surface area contributed by atoms with Gasteiger partial charge in [0.05, 0.1) is 54.2 Å². The van der Waals surface area contributed by atoms with E-state index >= 15 is 0 Å². The van der Waals surface area contributed by atoms with Crippen molar-refractivity contribution in [3.63, 3.8) is 0 Å². The van der Waals surface area contributed by atoms with Crippen molar-refractivity contribution in [1.29, 1.82) is 0 Å². The van der Waals surface area contributed by atoms with Gasteiger partial charge in [-0.2, -0.15) is 0 Å². The van der Waals surface area contributed by atoms with Crippen molar-refractivity contribution in [3.8, 4) is 0 Å². The first-order valence-corrected chi connectivity index (χ1v) is 22.6. The van der Waals surface area contributed by atoms with Crippen LogP contribution in [0, 0.1) is 23.7 Å². The first kappa shape index (κ1) is 60.1. The van der Waals surface area contributed by atoms with Crippen molar-refractivity contribution in [2.24, 2.45) is 23.7 Å². The van der Waals surface area contributed by atoms with Crippen LogP contribution in [0.2, 0.25) is 0 Å². The average molecular weight is 960 g/mol. The van der Waals surface area contributed by atoms with Gasteiger partial charge in [-0.25, -0.2) is 4.79 Å². The molecule has 0 amide bonds. The Balaban J connectivity index is 0.000000850. The molecular weight excluding hydrogens is 878 g/mol. The second-order valence-electron chi connectivity index (χ2n) is 19.5. The number of carboxylic acid groups (broad SMARTS) is 1. The molecule has 23 atom stereocenters. The van der Waals surface area contributed by atoms with E-state index in [-0.39, 0.29) is 31.4 Å². The zero-order chi connectivity index (χ0) is 51.1. The third-order valence-electron chi connectivity index (χ3n) is 13.7. The highest BCUT2D eigenvalue weighted by molar-refractivity contribution is 5.83. The van der Waals surface area contributed by atoms with Crippen LogP contribution in [-0.4, -0.2) is 226 Å². The molecule has 1 unspecified atom stereocenters. The van der Waals surface area contributed by atoms with Crippen molar-refractivity contribution >= 4 is 17.7 Å². The smallest absolute Gasteiger partial charge is 0.335 e. The number of methoxy groups -OCH3 is 1. The van der Waals surface area contributed by atoms with Crippen LogP contribution in [0.5, 0.6) is 0 Å². The van der Waals surface area contributed by atoms with E-state index in [1.165, 1.54) is 27.9 Å². The number of cyclic esters (lactones) is 1. The van der Waals surface area contributed by atoms with E-state index in [0.29, 0.717) is 6.42 Å². The van der Waals surface area contributed by atoms with Crippen molar-refractivity contribution in [1.82, 2.24) is 4.90 Å². The van der Waals surface area contributed by atoms with Crippen LogP contribution in [0.4, 0.5) is 0 Å². The van der Waals surface area contributed by atoms with E-state index in [9.17, 15) is 39.9 Å². The molecule has 12 N–H and O–H groups in total. The molecule has 66 heavy (non-hydrogen) atoms. The molecular formula is C44H81NO21. The molecule has 0 aromatic heterocycles. The number of hydrogen-bond donors (Lipinski definition) is 12. The second-order valence-corrected chi connectivity index (χ2v) is 19.5. The number of likely N-dealkylation sites (N-methyl/N-ethyl adjacent to an activating group) is 1. The molecule has 22 nitrogen and oxygen atoms in total. The lowest BCUT2D eigenvalue weighted by atomic mass is 9.74. The molecule has 3 aliphatic rings. The minimum Gasteiger partial charge on any atom is -0.479 e. The first-order valence-electron chi connectivity index (χ1n) is 22.6. The summed E-state index contributed by atoms with van der Waals surface area (Å²) in [6, 6.07) is -0.324. The Hall–Kier alpha value is -2.07. The van der Waals surface area contributed by atoms with Crippen LogP contribution in [0.3, 0.4) is 0 Å². The van der Waals surface area contributed by atoms with E-state index < -0.39 is 151 Å². The monoisotopic (exact) mass is 960 g/mol. The number of aliphatic carboxylic acids is 1. The Bertz CT molecular complexity index is 1540. The van der Waals surface area contributed by atoms with Crippen LogP contribution in [0.15, 0.2) is 0 Å². The molecule has 388 valence electrons. The van der Waals surface area contributed by atoms with Gasteiger partial charge in [-0.3, -0.25) is 9.59 Å². The molecule has 0 aromatic carbocycles. The Morgan fingerprint density at radius 1 is 0.848 bits per heavy atom. The molecule has 3 aliphatic heterocycles. The number of carbonyl (C=O) groups excluding carboxylic acids is 2. The number of carboxylic acids is 1. The lowest BCUT2D eigenvalue weighted by molar-refractivity contribution is -0.318. The number of rotatable bonds is 13. The number of ether oxygens (including phenoxy) is 6. The summed E-state index contributed by atoms with van der Waals surface area (Å²) in [6.07, 6.45) is -20.0. The molecule has 3 heterocycles. The van der Waals surface area contributed by atoms with Gasteiger partial charge in [0.25, 0.3) is 0 Å². The molecule has 0 saturated carbocycles. The molecule has 3 saturated heterocycles. The van der Waals surface area contributed by atoms with Gasteiger partial charge in [0.1, 0.15) is 54.1 Å². The number of aliphatic hydroxyl groups is 11. The van der Waals surface area contributed by atoms with Gasteiger partial charge in [0, 0.05) is 37.3 Å². The van der Waals surface area contributed by atoms with E-state index in [4.69, 9.17) is 64.2 Å². The van der Waals surface area contributed by atoms with Gasteiger partial charge in [0.2, 0.25) is 0 Å². The van der Waals surface area contributed by atoms with Gasteiger partial charge in [-0.1, -0.05) is 27.7 Å². The highest BCUT2D eigenvalue weighted by Gasteiger charge is 2.53. The van der Waals surface area contributed by atoms with Crippen LogP contribution >= 0.6 is 0 Å². The summed E-state index contributed by atoms with van der Waals surface area (Å²) in [4.78, 5) is 40.0. The quantitative estimate of drug-likeness (QED) is 0.0860. The summed E-state index contributed by atoms with van der Waals surface area (Å²) in [5.41, 5.74) is -4.84. The minimum absolute atomic E-state index is 0.0936. The fourth-order valence-electron chi connectivity index (χ4n) is 9.28. The Morgan fingerprint density at radius 3 is 1.92 bits per heavy atom. The number of carbonyl (C=O) groups is 3. The van der Waals surface area contributed by atoms with E-state index in [0.717, 1.165) is 0 Å². The lowest BCUT2D eigenvalue weighted by Gasteiger charge is -2.49. The highest BCUT2D eigenvalue weighted by atomic mass is 16.7. The summed E-state index contributed by atoms with van der Waals surface area (Å²) < 4.78 is 37.1. The molecule has 0 aliphatic carbocycles. The standard InChI is InChI=1S/C37H67NO13.C7H14O8/c1-14-25-37(10,45)30(41)20(4)27(39)18(2)16-35(8,44)32(51-34-28(40)24(38(11)12)15-19(3)47-34)21(5)29(22(6)33(43)49-25)50-26-17-36(9,46-13)31(42)23(7)48-26;8-1-2(9)3(10)4(11)5(12)6(13)7(14)15/h18-26,28-32,34,40-42,44-45H,14-17H2,1-13H3;2-6,8-13H,1H2,(H,14,15)/t18-,19-,20+,21+,22-,23+,24+,25-,26+,28-,29+,30-,31+,32?,34+,35-,36-,37-;2-,3-,4+,5-,6-/m11/s1. The number of esters is 1. The summed E-state index contributed by atoms with van der Waals surface area (Å²) in [5, 5.41) is 119. The predicted molar refractivity (Wildman–Crippen MR) is 231 cm³/mol. The van der Waals surface area contributed by atoms with Crippen LogP contribution in [-0.2, 0) is 42.8 Å². The zero-order valence-electron chi connectivity index (χ0n) is 40.6. The summed E-state index contributed by atoms with van der Waals surface area (Å²) >= 11 is 0. The highest BCUT2D eigenvalue weighted by Crippen LogP contribution is 2.41. The Labute approximate surface area is 387 Å². The second kappa shape index (κ2) is 24.7. The first-order chi connectivity index (χ1) is 30.2. The van der Waals surface area contributed by atoms with Crippen molar-refractivity contribution in [3.05, 3.63) is 0 Å². The molecule has 0 aromatic rings. The summed E-state index contributed by atoms with van der Waals surface area (Å²) in [7, 11) is 5.18. The molecule has 0 spiro atoms. The lowest BCUT2D eigenvalue weighted by Crippen LogP contribution is -2.61. The van der Waals surface area contributed by atoms with Crippen molar-refractivity contribution in [2.75, 3.05) is 27.8 Å². The summed E-state index contributed by atoms with van der Waals surface area (Å²) in [6.45, 7) is 15.5. The van der Waals surface area contributed by atoms with Crippen LogP contribution < -0.4 is 0 Å². The Morgan fingerprint density at radius 2 is 1.42 bits per heavy atom. The van der Waals surface area contributed by atoms with Gasteiger partial charge >= 0.3 is 11.9 Å². The molecule has 0 bridgehead atoms. The number of ketones is 1. The third-order valence-corrected chi connectivity index (χ3v) is 13.7. The number of nitrogens with zero attached hydrogens (tertiary/aromatic N) is 1. The van der Waals surface area contributed by atoms with Gasteiger partial charge in [-0.15, -0.1) is 0 Å². The predicted octanol–water partition coefficient (Wildman–Crippen LogP) is -2.35. The maximum Gasteiger partial charge on any atom is 0.335 e. The topological polar surface area (TPSA) is 353 Å².